The van der Waals surface area contributed by atoms with Gasteiger partial charge < -0.3 is 0 Å². The molecule has 4 aliphatic rings. The normalized spacial score (nSPS) is 26.6. The average Bonchev–Trinajstić information content (AvgIpc) is 4.03. The summed E-state index contributed by atoms with van der Waals surface area (Å²) in [6.45, 7) is 85.7. The van der Waals surface area contributed by atoms with Crippen LogP contribution in [0.15, 0.2) is 153 Å². The standard InChI is InChI=1S/2C14H29Si3.2C11H21Si2.2C7H7.Ti/c2*1-15(2,3)12-10-13(16(4,5)6)14(11-12)17(7,8)9;2*1-12(2,3)10-7-8-11(9-10)13(4,5)6;2*1-7-5-3-2-4-6-7;/h2*10-11H,1-9H3;2*7-9H,1-6H3;2*2-6H,1H2;. The molecule has 2 aromatic carbocycles. The monoisotopic (exact) mass is 1210 g/mol. The number of hydrogen-bond acceptors (Lipinski definition) is 0. The Balaban J connectivity index is 2.57. The molecule has 6 rings (SSSR count). The summed E-state index contributed by atoms with van der Waals surface area (Å²) in [5, 5.41) is 11.0. The molecule has 4 atom stereocenters. The van der Waals surface area contributed by atoms with E-state index in [0.717, 1.165) is 0 Å². The van der Waals surface area contributed by atoms with Gasteiger partial charge in [0.1, 0.15) is 0 Å². The molecule has 2 aromatic rings. The van der Waals surface area contributed by atoms with E-state index in [4.69, 9.17) is 0 Å². The van der Waals surface area contributed by atoms with E-state index in [-0.39, 0.29) is 13.4 Å². The van der Waals surface area contributed by atoms with Crippen LogP contribution in [0.5, 0.6) is 0 Å². The second-order valence-electron chi connectivity index (χ2n) is 35.8. The van der Waals surface area contributed by atoms with Gasteiger partial charge in [0.2, 0.25) is 0 Å². The Bertz CT molecular complexity index is 2640. The van der Waals surface area contributed by atoms with E-state index in [1.807, 2.05) is 10.4 Å². The molecule has 0 aliphatic heterocycles. The van der Waals surface area contributed by atoms with Crippen molar-refractivity contribution in [2.45, 2.75) is 219 Å². The van der Waals surface area contributed by atoms with Crippen LogP contribution in [0.25, 0.3) is 0 Å². The molecule has 0 aromatic heterocycles. The zero-order valence-corrected chi connectivity index (χ0v) is 66.0. The number of benzene rings is 2. The van der Waals surface area contributed by atoms with Gasteiger partial charge in [-0.2, -0.15) is 0 Å². The minimum atomic E-state index is -6.87. The van der Waals surface area contributed by atoms with E-state index in [0.29, 0.717) is 0 Å². The summed E-state index contributed by atoms with van der Waals surface area (Å²) in [5.41, 5.74) is 3.26. The van der Waals surface area contributed by atoms with Crippen molar-refractivity contribution in [2.75, 3.05) is 0 Å². The van der Waals surface area contributed by atoms with E-state index in [2.05, 4.69) is 318 Å². The first kappa shape index (κ1) is 63.4. The van der Waals surface area contributed by atoms with Crippen molar-refractivity contribution in [1.29, 1.82) is 0 Å². The van der Waals surface area contributed by atoms with Gasteiger partial charge in [-0.25, -0.2) is 0 Å². The van der Waals surface area contributed by atoms with Gasteiger partial charge in [0.25, 0.3) is 0 Å². The van der Waals surface area contributed by atoms with Crippen molar-refractivity contribution in [3.05, 3.63) is 164 Å². The maximum atomic E-state index is 3.41. The molecule has 414 valence electrons. The third-order valence-corrected chi connectivity index (χ3v) is 93.9. The van der Waals surface area contributed by atoms with Gasteiger partial charge in [-0.15, -0.1) is 0 Å². The molecule has 0 saturated heterocycles. The van der Waals surface area contributed by atoms with Crippen molar-refractivity contribution >= 4 is 80.7 Å². The van der Waals surface area contributed by atoms with Gasteiger partial charge in [-0.05, 0) is 0 Å². The first-order valence-electron chi connectivity index (χ1n) is 29.5. The number of allylic oxidation sites excluding steroid dienone is 16. The maximum absolute atomic E-state index is 6.87. The molecule has 4 aliphatic carbocycles. The fourth-order valence-corrected chi connectivity index (χ4v) is 134. The first-order chi connectivity index (χ1) is 33.4. The Hall–Kier alpha value is -0.757. The van der Waals surface area contributed by atoms with Crippen LogP contribution >= 0.6 is 0 Å². The summed E-state index contributed by atoms with van der Waals surface area (Å²) in [6, 6.07) is 25.5. The van der Waals surface area contributed by atoms with E-state index in [9.17, 15) is 0 Å². The van der Waals surface area contributed by atoms with Crippen LogP contribution in [-0.4, -0.2) is 80.7 Å². The Morgan fingerprint density at radius 2 is 0.573 bits per heavy atom. The van der Waals surface area contributed by atoms with E-state index >= 15 is 0 Å². The minimum absolute atomic E-state index is 0.227. The Morgan fingerprint density at radius 3 is 0.773 bits per heavy atom. The molecule has 11 heteroatoms. The second-order valence-corrected chi connectivity index (χ2v) is 104. The third kappa shape index (κ3) is 8.18. The zero-order chi connectivity index (χ0) is 57.6. The molecule has 0 fully saturated rings. The molecule has 0 radical (unpaired) electrons. The summed E-state index contributed by atoms with van der Waals surface area (Å²) >= 11 is -6.87. The quantitative estimate of drug-likeness (QED) is 0.131. The van der Waals surface area contributed by atoms with Crippen molar-refractivity contribution < 1.29 is 14.0 Å². The van der Waals surface area contributed by atoms with E-state index in [1.165, 1.54) is 9.45 Å². The van der Waals surface area contributed by atoms with Crippen LogP contribution < -0.4 is 0 Å². The fraction of sp³-hybridized carbons (Fsp3) is 0.562. The van der Waals surface area contributed by atoms with Gasteiger partial charge >= 0.3 is 478 Å². The van der Waals surface area contributed by atoms with Gasteiger partial charge in [0.05, 0.1) is 0 Å². The SMILES string of the molecule is C[Si](C)(C)C1=C[C]([Si](C)(C)C)([Ti]([CH2]c2ccccc2)([CH2]c2ccccc2)([C]2([Si](C)(C)C)C=CC([Si](C)(C)C)=C2)([C]2([Si](C)(C)C)C=C([Si](C)(C)C)C=C2[Si](C)(C)C)[C]2([Si](C)(C)C)C=C([Si](C)(C)C)C=C2[Si](C)(C)C)C=C1. The molecule has 0 N–H and O–H groups in total. The van der Waals surface area contributed by atoms with Gasteiger partial charge in [-0.1, -0.05) is 0 Å². The van der Waals surface area contributed by atoms with Gasteiger partial charge in [0, 0.05) is 0 Å². The van der Waals surface area contributed by atoms with Crippen LogP contribution in [0.2, 0.25) is 210 Å². The summed E-state index contributed by atoms with van der Waals surface area (Å²) in [7, 11) is -23.4. The van der Waals surface area contributed by atoms with E-state index in [1.54, 1.807) is 31.9 Å². The molecule has 0 nitrogen and oxygen atoms in total. The third-order valence-electron chi connectivity index (χ3n) is 21.7. The Morgan fingerprint density at radius 1 is 0.307 bits per heavy atom. The van der Waals surface area contributed by atoms with Crippen molar-refractivity contribution in [1.82, 2.24) is 0 Å². The summed E-state index contributed by atoms with van der Waals surface area (Å²) in [4.78, 5) is 0. The summed E-state index contributed by atoms with van der Waals surface area (Å²) in [6.07, 6.45) is 32.0. The van der Waals surface area contributed by atoms with Crippen molar-refractivity contribution in [3.8, 4) is 0 Å². The molecule has 4 unspecified atom stereocenters. The average molecular weight is 1210 g/mol. The summed E-state index contributed by atoms with van der Waals surface area (Å²) < 4.78 is 1.39. The number of hydrogen-bond donors (Lipinski definition) is 0. The first-order valence-corrected chi connectivity index (χ1v) is 69.9. The summed E-state index contributed by atoms with van der Waals surface area (Å²) in [5.74, 6) is 0. The molecule has 75 heavy (non-hydrogen) atoms. The van der Waals surface area contributed by atoms with Crippen LogP contribution in [-0.2, 0) is 23.5 Å². The van der Waals surface area contributed by atoms with Crippen LogP contribution in [0.1, 0.15) is 11.1 Å². The Kier molecular flexibility index (Phi) is 15.5. The Labute approximate surface area is 473 Å². The molecule has 0 spiro atoms. The predicted octanol–water partition coefficient (Wildman–Crippen LogP) is 21.7. The van der Waals surface area contributed by atoms with Crippen molar-refractivity contribution in [2.24, 2.45) is 0 Å². The molecular weight excluding hydrogens is 1100 g/mol. The molecule has 0 bridgehead atoms. The van der Waals surface area contributed by atoms with Crippen molar-refractivity contribution in [3.63, 3.8) is 0 Å². The van der Waals surface area contributed by atoms with Gasteiger partial charge in [-0.3, -0.25) is 0 Å². The second kappa shape index (κ2) is 18.4. The zero-order valence-electron chi connectivity index (χ0n) is 54.5. The fourth-order valence-electron chi connectivity index (χ4n) is 19.9. The van der Waals surface area contributed by atoms with Crippen LogP contribution in [0.4, 0.5) is 0 Å². The van der Waals surface area contributed by atoms with E-state index < -0.39 is 94.8 Å². The topological polar surface area (TPSA) is 0 Å². The van der Waals surface area contributed by atoms with Gasteiger partial charge in [0.15, 0.2) is 0 Å². The predicted molar refractivity (Wildman–Crippen MR) is 371 cm³/mol. The molecule has 0 amide bonds. The molecular formula is C64H114Si10Ti. The van der Waals surface area contributed by atoms with Crippen LogP contribution in [0, 0.1) is 0 Å². The number of rotatable bonds is 18. The van der Waals surface area contributed by atoms with Crippen LogP contribution in [0.3, 0.4) is 0 Å². The molecule has 0 saturated carbocycles. The molecule has 0 heterocycles.